The number of hydrogen-bond donors (Lipinski definition) is 0. The normalized spacial score (nSPS) is 12.2. The van der Waals surface area contributed by atoms with Crippen LogP contribution in [0.25, 0.3) is 118 Å². The average Bonchev–Trinajstić information content (AvgIpc) is 3.59. The summed E-state index contributed by atoms with van der Waals surface area (Å²) in [5, 5.41) is 17.6. The van der Waals surface area contributed by atoms with Crippen LogP contribution in [-0.2, 0) is 0 Å². The van der Waals surface area contributed by atoms with E-state index in [0.29, 0.717) is 0 Å². The smallest absolute Gasteiger partial charge is 0.0978 e. The van der Waals surface area contributed by atoms with Gasteiger partial charge in [-0.1, -0.05) is 127 Å². The summed E-state index contributed by atoms with van der Waals surface area (Å²) >= 11 is 1.89. The van der Waals surface area contributed by atoms with Crippen LogP contribution in [0.1, 0.15) is 0 Å². The van der Waals surface area contributed by atoms with Crippen molar-refractivity contribution in [3.05, 3.63) is 170 Å². The molecule has 0 aliphatic heterocycles. The topological polar surface area (TPSA) is 25.8 Å². The zero-order valence-corrected chi connectivity index (χ0v) is 29.3. The van der Waals surface area contributed by atoms with Gasteiger partial charge in [0.25, 0.3) is 0 Å². The molecule has 0 bridgehead atoms. The molecule has 53 heavy (non-hydrogen) atoms. The van der Waals surface area contributed by atoms with Crippen LogP contribution in [0.4, 0.5) is 0 Å². The Kier molecular flexibility index (Phi) is 5.96. The van der Waals surface area contributed by atoms with Gasteiger partial charge in [0.15, 0.2) is 0 Å². The summed E-state index contributed by atoms with van der Waals surface area (Å²) in [6, 6.07) is 60.0. The Hall–Kier alpha value is -6.68. The van der Waals surface area contributed by atoms with Crippen LogP contribution in [-0.4, -0.2) is 9.97 Å². The average molecular weight is 689 g/mol. The van der Waals surface area contributed by atoms with Crippen LogP contribution in [0.2, 0.25) is 0 Å². The van der Waals surface area contributed by atoms with Crippen molar-refractivity contribution in [2.45, 2.75) is 0 Å². The lowest BCUT2D eigenvalue weighted by atomic mass is 9.92. The van der Waals surface area contributed by atoms with Crippen LogP contribution in [0, 0.1) is 0 Å². The third-order valence-corrected chi connectivity index (χ3v) is 12.4. The molecule has 0 aliphatic carbocycles. The van der Waals surface area contributed by atoms with Gasteiger partial charge < -0.3 is 0 Å². The molecule has 0 unspecified atom stereocenters. The van der Waals surface area contributed by atoms with E-state index in [-0.39, 0.29) is 0 Å². The van der Waals surface area contributed by atoms with Crippen molar-refractivity contribution in [2.24, 2.45) is 0 Å². The van der Waals surface area contributed by atoms with Gasteiger partial charge in [-0.15, -0.1) is 11.3 Å². The third-order valence-electron chi connectivity index (χ3n) is 11.3. The van der Waals surface area contributed by atoms with Crippen LogP contribution >= 0.6 is 11.3 Å². The number of benzene rings is 9. The number of aromatic nitrogens is 2. The summed E-state index contributed by atoms with van der Waals surface area (Å²) in [6.45, 7) is 0. The minimum Gasteiger partial charge on any atom is -0.254 e. The van der Waals surface area contributed by atoms with E-state index < -0.39 is 0 Å². The van der Waals surface area contributed by atoms with Crippen molar-refractivity contribution in [3.63, 3.8) is 0 Å². The predicted octanol–water partition coefficient (Wildman–Crippen LogP) is 14.3. The Morgan fingerprint density at radius 1 is 0.321 bits per heavy atom. The molecular weight excluding hydrogens is 661 g/mol. The van der Waals surface area contributed by atoms with Crippen molar-refractivity contribution in [1.29, 1.82) is 0 Å². The second-order valence-corrected chi connectivity index (χ2v) is 15.1. The first-order valence-electron chi connectivity index (χ1n) is 18.1. The molecule has 0 radical (unpaired) electrons. The maximum atomic E-state index is 5.34. The van der Waals surface area contributed by atoms with Gasteiger partial charge in [-0.3, -0.25) is 4.98 Å². The zero-order valence-electron chi connectivity index (χ0n) is 28.5. The molecule has 0 atom stereocenters. The van der Waals surface area contributed by atoms with Crippen LogP contribution in [0.5, 0.6) is 0 Å². The van der Waals surface area contributed by atoms with E-state index in [1.54, 1.807) is 0 Å². The number of nitrogens with zero attached hydrogens (tertiary/aromatic N) is 2. The molecule has 0 aliphatic rings. The molecule has 3 heterocycles. The van der Waals surface area contributed by atoms with Crippen molar-refractivity contribution < 1.29 is 0 Å². The second-order valence-electron chi connectivity index (χ2n) is 14.0. The molecule has 3 heteroatoms. The van der Waals surface area contributed by atoms with Gasteiger partial charge in [0.2, 0.25) is 0 Å². The molecule has 244 valence electrons. The number of thiophene rings is 1. The van der Waals surface area contributed by atoms with Crippen molar-refractivity contribution in [2.75, 3.05) is 0 Å². The van der Waals surface area contributed by atoms with E-state index >= 15 is 0 Å². The molecule has 0 spiro atoms. The number of rotatable bonds is 2. The first-order chi connectivity index (χ1) is 26.3. The van der Waals surface area contributed by atoms with E-state index in [0.717, 1.165) is 33.1 Å². The molecule has 12 rings (SSSR count). The molecule has 12 aromatic rings. The summed E-state index contributed by atoms with van der Waals surface area (Å²) in [6.07, 6.45) is 1.87. The Labute approximate surface area is 308 Å². The molecular formula is C50H28N2S. The monoisotopic (exact) mass is 688 g/mol. The standard InChI is InChI=1S/C50H28N2S/c1-4-13-34-31(10-1)30(21-22-39(34)46-24-23-42-36-15-6-5-14-35(36)41-18-9-25-51-49(41)50(42)52-46)29-19-20-40-45-27-43-37-16-7-2-11-32(37)33-12-3-8-17-38(33)44(43)28-48(45)53-47(40)26-29/h1-28H. The molecule has 2 nitrogen and oxygen atoms in total. The molecule has 9 aromatic carbocycles. The van der Waals surface area contributed by atoms with Crippen molar-refractivity contribution in [1.82, 2.24) is 9.97 Å². The largest absolute Gasteiger partial charge is 0.254 e. The van der Waals surface area contributed by atoms with Gasteiger partial charge in [0, 0.05) is 42.7 Å². The first-order valence-corrected chi connectivity index (χ1v) is 18.9. The summed E-state index contributed by atoms with van der Waals surface area (Å²) in [7, 11) is 0. The quantitative estimate of drug-likeness (QED) is 0.169. The van der Waals surface area contributed by atoms with Gasteiger partial charge in [0.05, 0.1) is 16.7 Å². The Bertz CT molecular complexity index is 3490. The van der Waals surface area contributed by atoms with Crippen LogP contribution < -0.4 is 0 Å². The maximum absolute atomic E-state index is 5.34. The van der Waals surface area contributed by atoms with E-state index in [2.05, 4.69) is 158 Å². The highest BCUT2D eigenvalue weighted by atomic mass is 32.1. The highest BCUT2D eigenvalue weighted by Gasteiger charge is 2.17. The van der Waals surface area contributed by atoms with Gasteiger partial charge in [-0.2, -0.15) is 0 Å². The summed E-state index contributed by atoms with van der Waals surface area (Å²) < 4.78 is 2.62. The van der Waals surface area contributed by atoms with E-state index in [1.165, 1.54) is 85.2 Å². The number of pyridine rings is 2. The fourth-order valence-corrected chi connectivity index (χ4v) is 10.1. The van der Waals surface area contributed by atoms with E-state index in [1.807, 2.05) is 23.6 Å². The van der Waals surface area contributed by atoms with Crippen molar-refractivity contribution in [3.8, 4) is 22.4 Å². The van der Waals surface area contributed by atoms with Crippen LogP contribution in [0.15, 0.2) is 170 Å². The summed E-state index contributed by atoms with van der Waals surface area (Å²) in [5.41, 5.74) is 6.40. The van der Waals surface area contributed by atoms with Gasteiger partial charge >= 0.3 is 0 Å². The Balaban J connectivity index is 1.04. The molecule has 0 saturated carbocycles. The lowest BCUT2D eigenvalue weighted by Crippen LogP contribution is -1.92. The Morgan fingerprint density at radius 2 is 0.830 bits per heavy atom. The van der Waals surface area contributed by atoms with Gasteiger partial charge in [0.1, 0.15) is 0 Å². The fourth-order valence-electron chi connectivity index (χ4n) is 8.89. The fraction of sp³-hybridized carbons (Fsp3) is 0. The summed E-state index contributed by atoms with van der Waals surface area (Å²) in [4.78, 5) is 10.2. The highest BCUT2D eigenvalue weighted by molar-refractivity contribution is 7.26. The van der Waals surface area contributed by atoms with Crippen molar-refractivity contribution >= 4 is 107 Å². The predicted molar refractivity (Wildman–Crippen MR) is 228 cm³/mol. The third kappa shape index (κ3) is 4.14. The lowest BCUT2D eigenvalue weighted by molar-refractivity contribution is 1.38. The van der Waals surface area contributed by atoms with Gasteiger partial charge in [-0.25, -0.2) is 4.98 Å². The Morgan fingerprint density at radius 3 is 1.53 bits per heavy atom. The van der Waals surface area contributed by atoms with Crippen LogP contribution in [0.3, 0.4) is 0 Å². The lowest BCUT2D eigenvalue weighted by Gasteiger charge is -2.14. The second kappa shape index (κ2) is 10.9. The van der Waals surface area contributed by atoms with Gasteiger partial charge in [-0.05, 0) is 101 Å². The maximum Gasteiger partial charge on any atom is 0.0978 e. The minimum atomic E-state index is 0.939. The molecule has 0 fully saturated rings. The highest BCUT2D eigenvalue weighted by Crippen LogP contribution is 2.44. The zero-order chi connectivity index (χ0) is 34.6. The van der Waals surface area contributed by atoms with E-state index in [9.17, 15) is 0 Å². The molecule has 0 amide bonds. The summed E-state index contributed by atoms with van der Waals surface area (Å²) in [5.74, 6) is 0. The molecule has 0 saturated heterocycles. The first kappa shape index (κ1) is 29.0. The van der Waals surface area contributed by atoms with E-state index in [4.69, 9.17) is 9.97 Å². The molecule has 0 N–H and O–H groups in total. The molecule has 3 aromatic heterocycles. The number of hydrogen-bond acceptors (Lipinski definition) is 3. The number of fused-ring (bicyclic) bond motifs is 16. The SMILES string of the molecule is c1ccc2c(-c3ccc4c5ccccc5c5cccnc5c4n3)ccc(-c3ccc4c(c3)sc3cc5c6ccccc6c6ccccc6c5cc34)c2c1. The minimum absolute atomic E-state index is 0.939.